The molecule has 0 N–H and O–H groups in total. The standard InChI is InChI=1S/C2H5BS/c1-2-3-4-2/h2-3H,1H3. The fraction of sp³-hybridized carbons (Fsp3) is 1.00. The van der Waals surface area contributed by atoms with E-state index in [1.165, 1.54) is 6.56 Å². The van der Waals surface area contributed by atoms with Gasteiger partial charge in [-0.1, -0.05) is 6.92 Å². The Balaban J connectivity index is 2.17. The molecule has 0 nitrogen and oxygen atoms in total. The van der Waals surface area contributed by atoms with E-state index in [1.807, 2.05) is 11.6 Å². The van der Waals surface area contributed by atoms with Gasteiger partial charge in [-0.3, -0.25) is 0 Å². The first kappa shape index (κ1) is 2.64. The van der Waals surface area contributed by atoms with Gasteiger partial charge in [-0.05, 0) is 5.15 Å². The summed E-state index contributed by atoms with van der Waals surface area (Å²) in [5.74, 6) is 0. The van der Waals surface area contributed by atoms with Crippen LogP contribution in [0.4, 0.5) is 0 Å². The Morgan fingerprint density at radius 1 is 2.00 bits per heavy atom. The molecule has 0 aromatic rings. The minimum absolute atomic E-state index is 1.000. The van der Waals surface area contributed by atoms with Crippen LogP contribution in [0.3, 0.4) is 0 Å². The Labute approximate surface area is 31.1 Å². The second-order valence-corrected chi connectivity index (χ2v) is 2.62. The lowest BCUT2D eigenvalue weighted by atomic mass is 10.1. The Kier molecular flexibility index (Phi) is 0.449. The summed E-state index contributed by atoms with van der Waals surface area (Å²) >= 11 is 2.02. The average Bonchev–Trinajstić information content (AvgIpc) is 1.75. The van der Waals surface area contributed by atoms with Crippen LogP contribution in [0.5, 0.6) is 0 Å². The summed E-state index contributed by atoms with van der Waals surface area (Å²) in [6.07, 6.45) is 0. The molecule has 0 saturated carbocycles. The molecule has 0 bridgehead atoms. The van der Waals surface area contributed by atoms with Gasteiger partial charge >= 0.3 is 0 Å². The van der Waals surface area contributed by atoms with Crippen molar-refractivity contribution in [2.75, 3.05) is 0 Å². The van der Waals surface area contributed by atoms with Crippen molar-refractivity contribution in [2.45, 2.75) is 12.1 Å². The highest BCUT2D eigenvalue weighted by molar-refractivity contribution is 8.35. The van der Waals surface area contributed by atoms with Crippen LogP contribution in [0.1, 0.15) is 6.92 Å². The van der Waals surface area contributed by atoms with E-state index < -0.39 is 0 Å². The van der Waals surface area contributed by atoms with Crippen LogP contribution in [0.2, 0.25) is 0 Å². The van der Waals surface area contributed by atoms with Crippen LogP contribution in [0.25, 0.3) is 0 Å². The number of rotatable bonds is 0. The molecule has 1 atom stereocenters. The molecule has 0 amide bonds. The largest absolute Gasteiger partial charge is 0.218 e. The molecule has 1 rings (SSSR count). The van der Waals surface area contributed by atoms with Crippen LogP contribution in [0.15, 0.2) is 0 Å². The van der Waals surface area contributed by atoms with E-state index in [1.54, 1.807) is 0 Å². The highest BCUT2D eigenvalue weighted by Crippen LogP contribution is 2.24. The predicted molar refractivity (Wildman–Crippen MR) is 24.2 cm³/mol. The predicted octanol–water partition coefficient (Wildman–Crippen LogP) is 0.431. The van der Waals surface area contributed by atoms with E-state index in [0.29, 0.717) is 0 Å². The SMILES string of the molecule is CC1BS1. The van der Waals surface area contributed by atoms with Crippen LogP contribution >= 0.6 is 11.6 Å². The average molecular weight is 71.9 g/mol. The molecule has 0 spiro atoms. The fourth-order valence-electron chi connectivity index (χ4n) is 0.0962. The van der Waals surface area contributed by atoms with Crippen LogP contribution in [0, 0.1) is 0 Å². The molecule has 1 unspecified atom stereocenters. The lowest BCUT2D eigenvalue weighted by Crippen LogP contribution is -1.61. The maximum absolute atomic E-state index is 2.24. The van der Waals surface area contributed by atoms with E-state index in [2.05, 4.69) is 6.92 Å². The second-order valence-electron chi connectivity index (χ2n) is 1.14. The molecule has 0 aromatic heterocycles. The van der Waals surface area contributed by atoms with Gasteiger partial charge < -0.3 is 0 Å². The molecule has 22 valence electrons. The highest BCUT2D eigenvalue weighted by Gasteiger charge is 2.16. The summed E-state index contributed by atoms with van der Waals surface area (Å²) in [7, 11) is 0. The Bertz CT molecular complexity index is 25.2. The summed E-state index contributed by atoms with van der Waals surface area (Å²) in [5, 5.41) is 1.000. The van der Waals surface area contributed by atoms with Gasteiger partial charge in [0.2, 0.25) is 6.56 Å². The molecular weight excluding hydrogens is 66.9 g/mol. The summed E-state index contributed by atoms with van der Waals surface area (Å²) < 4.78 is 0. The van der Waals surface area contributed by atoms with Gasteiger partial charge in [0.25, 0.3) is 0 Å². The van der Waals surface area contributed by atoms with E-state index in [9.17, 15) is 0 Å². The third-order valence-corrected chi connectivity index (χ3v) is 1.50. The third kappa shape index (κ3) is 0.415. The van der Waals surface area contributed by atoms with Crippen LogP contribution < -0.4 is 0 Å². The van der Waals surface area contributed by atoms with Gasteiger partial charge in [-0.2, -0.15) is 0 Å². The lowest BCUT2D eigenvalue weighted by molar-refractivity contribution is 1.45. The van der Waals surface area contributed by atoms with Crippen molar-refractivity contribution < 1.29 is 0 Å². The molecule has 1 fully saturated rings. The van der Waals surface area contributed by atoms with Gasteiger partial charge in [0.05, 0.1) is 0 Å². The maximum Gasteiger partial charge on any atom is 0.203 e. The Morgan fingerprint density at radius 3 is 2.25 bits per heavy atom. The monoisotopic (exact) mass is 72.0 g/mol. The summed E-state index contributed by atoms with van der Waals surface area (Å²) in [5.41, 5.74) is 0. The van der Waals surface area contributed by atoms with Gasteiger partial charge in [-0.15, -0.1) is 0 Å². The Hall–Kier alpha value is 0.415. The molecule has 2 heteroatoms. The number of hydrogen-bond acceptors (Lipinski definition) is 1. The van der Waals surface area contributed by atoms with Crippen LogP contribution in [-0.4, -0.2) is 11.7 Å². The summed E-state index contributed by atoms with van der Waals surface area (Å²) in [6.45, 7) is 3.64. The van der Waals surface area contributed by atoms with Gasteiger partial charge in [0.1, 0.15) is 0 Å². The first-order valence-corrected chi connectivity index (χ1v) is 2.56. The van der Waals surface area contributed by atoms with E-state index in [-0.39, 0.29) is 0 Å². The van der Waals surface area contributed by atoms with Crippen molar-refractivity contribution >= 4 is 18.2 Å². The number of hydrogen-bond donors (Lipinski definition) is 0. The summed E-state index contributed by atoms with van der Waals surface area (Å²) in [4.78, 5) is 0. The Morgan fingerprint density at radius 2 is 2.25 bits per heavy atom. The van der Waals surface area contributed by atoms with Gasteiger partial charge in [0.15, 0.2) is 0 Å². The zero-order valence-electron chi connectivity index (χ0n) is 2.69. The van der Waals surface area contributed by atoms with Crippen molar-refractivity contribution in [1.82, 2.24) is 0 Å². The first-order chi connectivity index (χ1) is 1.89. The van der Waals surface area contributed by atoms with Gasteiger partial charge in [0, 0.05) is 0 Å². The van der Waals surface area contributed by atoms with E-state index in [0.717, 1.165) is 5.15 Å². The highest BCUT2D eigenvalue weighted by atomic mass is 32.2. The van der Waals surface area contributed by atoms with Gasteiger partial charge in [-0.25, -0.2) is 11.6 Å². The van der Waals surface area contributed by atoms with Crippen molar-refractivity contribution in [3.63, 3.8) is 0 Å². The van der Waals surface area contributed by atoms with Crippen molar-refractivity contribution in [3.8, 4) is 0 Å². The second kappa shape index (κ2) is 0.679. The molecule has 4 heavy (non-hydrogen) atoms. The molecular formula is C2H5BS. The minimum atomic E-state index is 1.000. The molecule has 1 aliphatic heterocycles. The lowest BCUT2D eigenvalue weighted by Gasteiger charge is -1.53. The van der Waals surface area contributed by atoms with Crippen molar-refractivity contribution in [3.05, 3.63) is 0 Å². The molecule has 0 aromatic carbocycles. The van der Waals surface area contributed by atoms with Crippen LogP contribution in [-0.2, 0) is 0 Å². The zero-order chi connectivity index (χ0) is 2.99. The summed E-state index contributed by atoms with van der Waals surface area (Å²) in [6, 6.07) is 0. The fourth-order valence-corrected chi connectivity index (χ4v) is 0.289. The quantitative estimate of drug-likeness (QED) is 0.295. The minimum Gasteiger partial charge on any atom is -0.218 e. The zero-order valence-corrected chi connectivity index (χ0v) is 3.51. The topological polar surface area (TPSA) is 0 Å². The molecule has 0 radical (unpaired) electrons. The molecule has 0 aliphatic carbocycles. The third-order valence-electron chi connectivity index (χ3n) is 0.500. The first-order valence-electron chi connectivity index (χ1n) is 1.51. The van der Waals surface area contributed by atoms with Crippen molar-refractivity contribution in [1.29, 1.82) is 0 Å². The van der Waals surface area contributed by atoms with E-state index in [4.69, 9.17) is 0 Å². The molecule has 1 aliphatic rings. The van der Waals surface area contributed by atoms with Crippen molar-refractivity contribution in [2.24, 2.45) is 0 Å². The molecule has 1 heterocycles. The van der Waals surface area contributed by atoms with E-state index >= 15 is 0 Å². The maximum atomic E-state index is 2.24. The smallest absolute Gasteiger partial charge is 0.203 e. The molecule has 1 saturated heterocycles. The normalized spacial score (nSPS) is 37.8.